The predicted molar refractivity (Wildman–Crippen MR) is 64.4 cm³/mol. The Bertz CT molecular complexity index is 219. The molecule has 0 saturated heterocycles. The zero-order valence-corrected chi connectivity index (χ0v) is 10.1. The Morgan fingerprint density at radius 3 is 2.69 bits per heavy atom. The molecule has 0 heterocycles. The van der Waals surface area contributed by atoms with Gasteiger partial charge < -0.3 is 15.8 Å². The average Bonchev–Trinajstić information content (AvgIpc) is 2.25. The SMILES string of the molecule is CCNC(=NCCCCN)NC(=O)OCC. The molecule has 0 unspecified atom stereocenters. The highest BCUT2D eigenvalue weighted by atomic mass is 16.5. The molecule has 1 amide bonds. The number of hydrogen-bond acceptors (Lipinski definition) is 4. The van der Waals surface area contributed by atoms with Crippen molar-refractivity contribution in [3.8, 4) is 0 Å². The number of carbonyl (C=O) groups is 1. The first-order valence-corrected chi connectivity index (χ1v) is 5.66. The fraction of sp³-hybridized carbons (Fsp3) is 0.800. The van der Waals surface area contributed by atoms with Crippen LogP contribution in [0, 0.1) is 0 Å². The smallest absolute Gasteiger partial charge is 0.413 e. The zero-order valence-electron chi connectivity index (χ0n) is 10.1. The number of rotatable bonds is 6. The molecule has 0 bridgehead atoms. The number of aliphatic imine (C=N–C) groups is 1. The summed E-state index contributed by atoms with van der Waals surface area (Å²) < 4.78 is 4.76. The lowest BCUT2D eigenvalue weighted by Gasteiger charge is -2.09. The molecule has 0 rings (SSSR count). The Balaban J connectivity index is 3.98. The highest BCUT2D eigenvalue weighted by molar-refractivity contribution is 5.93. The van der Waals surface area contributed by atoms with Gasteiger partial charge in [-0.2, -0.15) is 0 Å². The summed E-state index contributed by atoms with van der Waals surface area (Å²) in [5.74, 6) is 0.456. The summed E-state index contributed by atoms with van der Waals surface area (Å²) in [6.07, 6.45) is 1.36. The van der Waals surface area contributed by atoms with E-state index in [0.717, 1.165) is 12.8 Å². The molecular formula is C10H22N4O2. The number of nitrogens with zero attached hydrogens (tertiary/aromatic N) is 1. The molecule has 16 heavy (non-hydrogen) atoms. The lowest BCUT2D eigenvalue weighted by Crippen LogP contribution is -2.41. The Morgan fingerprint density at radius 1 is 1.38 bits per heavy atom. The molecule has 4 N–H and O–H groups in total. The molecule has 0 aromatic heterocycles. The van der Waals surface area contributed by atoms with Crippen molar-refractivity contribution < 1.29 is 9.53 Å². The molecule has 0 aliphatic carbocycles. The molecule has 6 nitrogen and oxygen atoms in total. The van der Waals surface area contributed by atoms with Crippen LogP contribution in [0.3, 0.4) is 0 Å². The van der Waals surface area contributed by atoms with Gasteiger partial charge in [-0.05, 0) is 33.2 Å². The van der Waals surface area contributed by atoms with E-state index in [1.807, 2.05) is 6.92 Å². The maximum atomic E-state index is 11.1. The molecule has 0 aromatic rings. The van der Waals surface area contributed by atoms with Crippen LogP contribution in [0.1, 0.15) is 26.7 Å². The van der Waals surface area contributed by atoms with E-state index in [1.165, 1.54) is 0 Å². The minimum absolute atomic E-state index is 0.346. The van der Waals surface area contributed by atoms with E-state index in [9.17, 15) is 4.79 Å². The maximum absolute atomic E-state index is 11.1. The Labute approximate surface area is 96.6 Å². The zero-order chi connectivity index (χ0) is 12.2. The number of alkyl carbamates (subject to hydrolysis) is 1. The number of ether oxygens (including phenoxy) is 1. The minimum atomic E-state index is -0.485. The van der Waals surface area contributed by atoms with Crippen LogP contribution in [0.15, 0.2) is 4.99 Å². The van der Waals surface area contributed by atoms with E-state index in [-0.39, 0.29) is 0 Å². The fourth-order valence-electron chi connectivity index (χ4n) is 1.02. The van der Waals surface area contributed by atoms with Crippen LogP contribution in [0.4, 0.5) is 4.79 Å². The van der Waals surface area contributed by atoms with Crippen molar-refractivity contribution in [1.82, 2.24) is 10.6 Å². The van der Waals surface area contributed by atoms with Crippen LogP contribution in [-0.4, -0.2) is 38.3 Å². The Morgan fingerprint density at radius 2 is 2.12 bits per heavy atom. The van der Waals surface area contributed by atoms with E-state index >= 15 is 0 Å². The quantitative estimate of drug-likeness (QED) is 0.351. The molecule has 0 fully saturated rings. The molecular weight excluding hydrogens is 208 g/mol. The molecule has 0 atom stereocenters. The van der Waals surface area contributed by atoms with Gasteiger partial charge in [0.25, 0.3) is 0 Å². The van der Waals surface area contributed by atoms with Crippen LogP contribution in [0.25, 0.3) is 0 Å². The summed E-state index contributed by atoms with van der Waals surface area (Å²) in [5, 5.41) is 5.50. The van der Waals surface area contributed by atoms with Crippen molar-refractivity contribution in [1.29, 1.82) is 0 Å². The van der Waals surface area contributed by atoms with Gasteiger partial charge in [0.15, 0.2) is 0 Å². The second-order valence-corrected chi connectivity index (χ2v) is 3.10. The van der Waals surface area contributed by atoms with Crippen LogP contribution in [0.5, 0.6) is 0 Å². The third-order valence-corrected chi connectivity index (χ3v) is 1.72. The highest BCUT2D eigenvalue weighted by Gasteiger charge is 2.04. The standard InChI is InChI=1S/C10H22N4O2/c1-3-12-9(13-8-6-5-7-11)14-10(15)16-4-2/h3-8,11H2,1-2H3,(H2,12,13,14,15). The molecule has 0 aliphatic rings. The van der Waals surface area contributed by atoms with Gasteiger partial charge in [-0.25, -0.2) is 4.79 Å². The molecule has 0 aromatic carbocycles. The van der Waals surface area contributed by atoms with Gasteiger partial charge in [-0.1, -0.05) is 0 Å². The first-order chi connectivity index (χ1) is 7.74. The number of hydrogen-bond donors (Lipinski definition) is 3. The molecule has 0 saturated carbocycles. The van der Waals surface area contributed by atoms with Crippen molar-refractivity contribution >= 4 is 12.1 Å². The lowest BCUT2D eigenvalue weighted by atomic mass is 10.3. The first-order valence-electron chi connectivity index (χ1n) is 5.66. The van der Waals surface area contributed by atoms with Crippen LogP contribution >= 0.6 is 0 Å². The van der Waals surface area contributed by atoms with E-state index in [0.29, 0.717) is 32.2 Å². The largest absolute Gasteiger partial charge is 0.450 e. The van der Waals surface area contributed by atoms with Gasteiger partial charge in [0, 0.05) is 13.1 Å². The van der Waals surface area contributed by atoms with Crippen molar-refractivity contribution in [3.63, 3.8) is 0 Å². The third kappa shape index (κ3) is 8.05. The van der Waals surface area contributed by atoms with Crippen LogP contribution in [-0.2, 0) is 4.74 Å². The number of nitrogens with two attached hydrogens (primary N) is 1. The Hall–Kier alpha value is -1.30. The third-order valence-electron chi connectivity index (χ3n) is 1.72. The number of unbranched alkanes of at least 4 members (excludes halogenated alkanes) is 1. The topological polar surface area (TPSA) is 88.7 Å². The number of nitrogens with one attached hydrogen (secondary N) is 2. The van der Waals surface area contributed by atoms with Gasteiger partial charge in [0.1, 0.15) is 0 Å². The van der Waals surface area contributed by atoms with E-state index < -0.39 is 6.09 Å². The predicted octanol–water partition coefficient (Wildman–Crippen LogP) is 0.437. The van der Waals surface area contributed by atoms with Crippen molar-refractivity contribution in [2.24, 2.45) is 10.7 Å². The molecule has 0 spiro atoms. The summed E-state index contributed by atoms with van der Waals surface area (Å²) in [6.45, 7) is 6.04. The summed E-state index contributed by atoms with van der Waals surface area (Å²) in [5.41, 5.74) is 5.37. The van der Waals surface area contributed by atoms with Crippen molar-refractivity contribution in [3.05, 3.63) is 0 Å². The minimum Gasteiger partial charge on any atom is -0.450 e. The first kappa shape index (κ1) is 14.7. The van der Waals surface area contributed by atoms with E-state index in [2.05, 4.69) is 15.6 Å². The van der Waals surface area contributed by atoms with Crippen LogP contribution < -0.4 is 16.4 Å². The van der Waals surface area contributed by atoms with Gasteiger partial charge in [0.05, 0.1) is 6.61 Å². The summed E-state index contributed by atoms with van der Waals surface area (Å²) in [6, 6.07) is 0. The number of carbonyl (C=O) groups excluding carboxylic acids is 1. The summed E-state index contributed by atoms with van der Waals surface area (Å²) >= 11 is 0. The van der Waals surface area contributed by atoms with Gasteiger partial charge in [-0.15, -0.1) is 0 Å². The van der Waals surface area contributed by atoms with Crippen molar-refractivity contribution in [2.75, 3.05) is 26.2 Å². The molecule has 94 valence electrons. The van der Waals surface area contributed by atoms with E-state index in [1.54, 1.807) is 6.92 Å². The van der Waals surface area contributed by atoms with Gasteiger partial charge in [0.2, 0.25) is 5.96 Å². The molecule has 6 heteroatoms. The fourth-order valence-corrected chi connectivity index (χ4v) is 1.02. The maximum Gasteiger partial charge on any atom is 0.413 e. The summed E-state index contributed by atoms with van der Waals surface area (Å²) in [4.78, 5) is 15.4. The lowest BCUT2D eigenvalue weighted by molar-refractivity contribution is 0.157. The number of guanidine groups is 1. The second kappa shape index (κ2) is 10.2. The van der Waals surface area contributed by atoms with Crippen LogP contribution in [0.2, 0.25) is 0 Å². The van der Waals surface area contributed by atoms with Gasteiger partial charge >= 0.3 is 6.09 Å². The Kier molecular flexibility index (Phi) is 9.39. The molecule has 0 aliphatic heterocycles. The number of amides is 1. The normalized spacial score (nSPS) is 11.1. The summed E-state index contributed by atoms with van der Waals surface area (Å²) in [7, 11) is 0. The molecule has 0 radical (unpaired) electrons. The second-order valence-electron chi connectivity index (χ2n) is 3.10. The van der Waals surface area contributed by atoms with Crippen molar-refractivity contribution in [2.45, 2.75) is 26.7 Å². The van der Waals surface area contributed by atoms with E-state index in [4.69, 9.17) is 10.5 Å². The average molecular weight is 230 g/mol. The monoisotopic (exact) mass is 230 g/mol. The highest BCUT2D eigenvalue weighted by Crippen LogP contribution is 1.87. The van der Waals surface area contributed by atoms with Gasteiger partial charge in [-0.3, -0.25) is 10.3 Å².